The third-order valence-corrected chi connectivity index (χ3v) is 2.80. The molecule has 72 valence electrons. The van der Waals surface area contributed by atoms with Crippen molar-refractivity contribution in [1.29, 1.82) is 0 Å². The normalized spacial score (nSPS) is 32.2. The van der Waals surface area contributed by atoms with E-state index in [-0.39, 0.29) is 0 Å². The van der Waals surface area contributed by atoms with Crippen molar-refractivity contribution in [2.45, 2.75) is 31.9 Å². The van der Waals surface area contributed by atoms with Crippen LogP contribution in [0.4, 0.5) is 0 Å². The van der Waals surface area contributed by atoms with Gasteiger partial charge in [0, 0.05) is 26.2 Å². The highest BCUT2D eigenvalue weighted by Crippen LogP contribution is 2.18. The minimum atomic E-state index is 0.432. The van der Waals surface area contributed by atoms with E-state index in [9.17, 15) is 0 Å². The molecule has 12 heavy (non-hydrogen) atoms. The highest BCUT2D eigenvalue weighted by atomic mass is 16.5. The first-order chi connectivity index (χ1) is 5.81. The van der Waals surface area contributed by atoms with Gasteiger partial charge in [-0.25, -0.2) is 0 Å². The van der Waals surface area contributed by atoms with E-state index < -0.39 is 0 Å². The van der Waals surface area contributed by atoms with Crippen LogP contribution < -0.4 is 5.73 Å². The molecule has 1 saturated heterocycles. The molecule has 1 rings (SSSR count). The van der Waals surface area contributed by atoms with Gasteiger partial charge in [-0.3, -0.25) is 4.90 Å². The van der Waals surface area contributed by atoms with Crippen LogP contribution in [0.1, 0.15) is 19.8 Å². The lowest BCUT2D eigenvalue weighted by Gasteiger charge is -2.37. The molecule has 0 amide bonds. The quantitative estimate of drug-likeness (QED) is 0.671. The second-order valence-corrected chi connectivity index (χ2v) is 3.40. The Kier molecular flexibility index (Phi) is 3.98. The molecule has 0 aromatic heterocycles. The average Bonchev–Trinajstić information content (AvgIpc) is 2.16. The van der Waals surface area contributed by atoms with Gasteiger partial charge in [-0.2, -0.15) is 0 Å². The minimum absolute atomic E-state index is 0.432. The SMILES string of the molecule is CCN1CCC(OC)CC1CN. The number of rotatable bonds is 3. The molecule has 3 heteroatoms. The Morgan fingerprint density at radius 1 is 1.58 bits per heavy atom. The summed E-state index contributed by atoms with van der Waals surface area (Å²) < 4.78 is 5.33. The molecule has 0 aromatic rings. The van der Waals surface area contributed by atoms with Crippen LogP contribution in [0.15, 0.2) is 0 Å². The number of piperidine rings is 1. The molecule has 1 aliphatic rings. The van der Waals surface area contributed by atoms with Crippen molar-refractivity contribution in [2.75, 3.05) is 26.7 Å². The van der Waals surface area contributed by atoms with Crippen LogP contribution in [-0.2, 0) is 4.74 Å². The van der Waals surface area contributed by atoms with Crippen LogP contribution in [-0.4, -0.2) is 43.8 Å². The topological polar surface area (TPSA) is 38.5 Å². The number of methoxy groups -OCH3 is 1. The van der Waals surface area contributed by atoms with Gasteiger partial charge in [-0.15, -0.1) is 0 Å². The highest BCUT2D eigenvalue weighted by Gasteiger charge is 2.25. The minimum Gasteiger partial charge on any atom is -0.381 e. The average molecular weight is 172 g/mol. The highest BCUT2D eigenvalue weighted by molar-refractivity contribution is 4.81. The summed E-state index contributed by atoms with van der Waals surface area (Å²) in [6, 6.07) is 0.536. The van der Waals surface area contributed by atoms with Crippen LogP contribution in [0.5, 0.6) is 0 Å². The molecule has 0 spiro atoms. The Hall–Kier alpha value is -0.120. The number of nitrogens with zero attached hydrogens (tertiary/aromatic N) is 1. The fourth-order valence-corrected chi connectivity index (χ4v) is 1.94. The molecule has 1 fully saturated rings. The number of likely N-dealkylation sites (tertiary alicyclic amines) is 1. The van der Waals surface area contributed by atoms with Gasteiger partial charge >= 0.3 is 0 Å². The summed E-state index contributed by atoms with van der Waals surface area (Å²) >= 11 is 0. The zero-order valence-corrected chi connectivity index (χ0v) is 8.12. The standard InChI is InChI=1S/C9H20N2O/c1-3-11-5-4-9(12-2)6-8(11)7-10/h8-9H,3-7,10H2,1-2H3. The fourth-order valence-electron chi connectivity index (χ4n) is 1.94. The summed E-state index contributed by atoms with van der Waals surface area (Å²) in [6.07, 6.45) is 2.68. The maximum atomic E-state index is 5.69. The van der Waals surface area contributed by atoms with Gasteiger partial charge < -0.3 is 10.5 Å². The molecule has 2 N–H and O–H groups in total. The van der Waals surface area contributed by atoms with Crippen LogP contribution >= 0.6 is 0 Å². The first kappa shape index (κ1) is 9.96. The Balaban J connectivity index is 2.41. The summed E-state index contributed by atoms with van der Waals surface area (Å²) in [7, 11) is 1.79. The second kappa shape index (κ2) is 4.80. The first-order valence-corrected chi connectivity index (χ1v) is 4.78. The number of nitrogens with two attached hydrogens (primary N) is 1. The predicted octanol–water partition coefficient (Wildman–Crippen LogP) is 0.444. The monoisotopic (exact) mass is 172 g/mol. The molecular weight excluding hydrogens is 152 g/mol. The van der Waals surface area contributed by atoms with Gasteiger partial charge in [0.05, 0.1) is 6.10 Å². The fraction of sp³-hybridized carbons (Fsp3) is 1.00. The van der Waals surface area contributed by atoms with Gasteiger partial charge in [0.2, 0.25) is 0 Å². The molecule has 2 unspecified atom stereocenters. The maximum absolute atomic E-state index is 5.69. The van der Waals surface area contributed by atoms with E-state index in [4.69, 9.17) is 10.5 Å². The lowest BCUT2D eigenvalue weighted by Crippen LogP contribution is -2.48. The third kappa shape index (κ3) is 2.19. The van der Waals surface area contributed by atoms with Crippen molar-refractivity contribution in [3.8, 4) is 0 Å². The largest absolute Gasteiger partial charge is 0.381 e. The number of hydrogen-bond donors (Lipinski definition) is 1. The molecule has 0 aliphatic carbocycles. The zero-order valence-electron chi connectivity index (χ0n) is 8.12. The zero-order chi connectivity index (χ0) is 8.97. The first-order valence-electron chi connectivity index (χ1n) is 4.78. The van der Waals surface area contributed by atoms with E-state index in [1.54, 1.807) is 7.11 Å². The van der Waals surface area contributed by atoms with E-state index in [1.807, 2.05) is 0 Å². The number of ether oxygens (including phenoxy) is 1. The molecule has 0 aromatic carbocycles. The molecule has 0 radical (unpaired) electrons. The van der Waals surface area contributed by atoms with E-state index in [0.29, 0.717) is 12.1 Å². The summed E-state index contributed by atoms with van der Waals surface area (Å²) in [5, 5.41) is 0. The third-order valence-electron chi connectivity index (χ3n) is 2.80. The van der Waals surface area contributed by atoms with Crippen molar-refractivity contribution in [1.82, 2.24) is 4.90 Å². The van der Waals surface area contributed by atoms with Crippen molar-refractivity contribution in [3.63, 3.8) is 0 Å². The van der Waals surface area contributed by atoms with E-state index in [0.717, 1.165) is 32.5 Å². The van der Waals surface area contributed by atoms with E-state index in [1.165, 1.54) is 0 Å². The Morgan fingerprint density at radius 3 is 2.83 bits per heavy atom. The van der Waals surface area contributed by atoms with Crippen molar-refractivity contribution >= 4 is 0 Å². The maximum Gasteiger partial charge on any atom is 0.0599 e. The van der Waals surface area contributed by atoms with Crippen molar-refractivity contribution in [3.05, 3.63) is 0 Å². The lowest BCUT2D eigenvalue weighted by molar-refractivity contribution is 0.0154. The van der Waals surface area contributed by atoms with Gasteiger partial charge in [0.1, 0.15) is 0 Å². The number of likely N-dealkylation sites (N-methyl/N-ethyl adjacent to an activating group) is 1. The molecule has 0 saturated carbocycles. The summed E-state index contributed by atoms with van der Waals surface area (Å²) in [4.78, 5) is 2.44. The van der Waals surface area contributed by atoms with Gasteiger partial charge in [-0.05, 0) is 19.4 Å². The van der Waals surface area contributed by atoms with Gasteiger partial charge in [0.25, 0.3) is 0 Å². The molecule has 2 atom stereocenters. The smallest absolute Gasteiger partial charge is 0.0599 e. The lowest BCUT2D eigenvalue weighted by atomic mass is 9.99. The Bertz CT molecular complexity index is 130. The molecule has 1 aliphatic heterocycles. The molecular formula is C9H20N2O. The van der Waals surface area contributed by atoms with Crippen LogP contribution in [0.3, 0.4) is 0 Å². The van der Waals surface area contributed by atoms with Crippen molar-refractivity contribution in [2.24, 2.45) is 5.73 Å². The van der Waals surface area contributed by atoms with Gasteiger partial charge in [-0.1, -0.05) is 6.92 Å². The summed E-state index contributed by atoms with van der Waals surface area (Å²) in [5.74, 6) is 0. The molecule has 0 bridgehead atoms. The number of hydrogen-bond acceptors (Lipinski definition) is 3. The second-order valence-electron chi connectivity index (χ2n) is 3.40. The molecule has 1 heterocycles. The van der Waals surface area contributed by atoms with Crippen LogP contribution in [0, 0.1) is 0 Å². The Morgan fingerprint density at radius 2 is 2.33 bits per heavy atom. The summed E-state index contributed by atoms with van der Waals surface area (Å²) in [5.41, 5.74) is 5.69. The van der Waals surface area contributed by atoms with Gasteiger partial charge in [0.15, 0.2) is 0 Å². The Labute approximate surface area is 74.9 Å². The van der Waals surface area contributed by atoms with Crippen LogP contribution in [0.2, 0.25) is 0 Å². The predicted molar refractivity (Wildman–Crippen MR) is 50.1 cm³/mol. The van der Waals surface area contributed by atoms with E-state index in [2.05, 4.69) is 11.8 Å². The van der Waals surface area contributed by atoms with Crippen LogP contribution in [0.25, 0.3) is 0 Å². The summed E-state index contributed by atoms with van der Waals surface area (Å²) in [6.45, 7) is 5.19. The van der Waals surface area contributed by atoms with Crippen molar-refractivity contribution < 1.29 is 4.74 Å². The van der Waals surface area contributed by atoms with E-state index >= 15 is 0 Å². The molecule has 3 nitrogen and oxygen atoms in total.